The van der Waals surface area contributed by atoms with Gasteiger partial charge in [0, 0.05) is 44.3 Å². The second kappa shape index (κ2) is 13.6. The summed E-state index contributed by atoms with van der Waals surface area (Å²) in [6.45, 7) is 0. The number of hydrogen-bond acceptors (Lipinski definition) is 2. The molecule has 57 heavy (non-hydrogen) atoms. The molecule has 0 atom stereocenters. The average Bonchev–Trinajstić information content (AvgIpc) is 3.82. The van der Waals surface area contributed by atoms with Gasteiger partial charge >= 0.3 is 0 Å². The van der Waals surface area contributed by atoms with Gasteiger partial charge in [-0.05, 0) is 112 Å². The first kappa shape index (κ1) is 32.8. The van der Waals surface area contributed by atoms with Crippen molar-refractivity contribution in [1.82, 2.24) is 4.57 Å². The smallest absolute Gasteiger partial charge is 0.135 e. The fourth-order valence-corrected chi connectivity index (χ4v) is 8.43. The highest BCUT2D eigenvalue weighted by Gasteiger charge is 2.18. The fourth-order valence-electron chi connectivity index (χ4n) is 8.43. The summed E-state index contributed by atoms with van der Waals surface area (Å²) >= 11 is 0. The number of anilines is 3. The molecule has 0 aliphatic rings. The lowest BCUT2D eigenvalue weighted by Crippen LogP contribution is -2.10. The number of nitrogens with zero attached hydrogens (tertiary/aromatic N) is 2. The molecule has 0 spiro atoms. The standard InChI is InChI=1S/C54H36N2O/c1-4-13-37(14-5-1)39-23-27-44(28-24-39)55(46-29-32-54-50(36-46)49-34-41(26-31-53(49)57-54)38-15-6-2-7-16-38)45-20-12-17-40(33-45)42-25-30-48-47-21-10-11-22-51(47)56(52(48)35-42)43-18-8-3-9-19-43/h1-36H. The van der Waals surface area contributed by atoms with Gasteiger partial charge in [0.05, 0.1) is 11.0 Å². The molecule has 9 aromatic carbocycles. The molecule has 11 aromatic rings. The first-order valence-electron chi connectivity index (χ1n) is 19.4. The van der Waals surface area contributed by atoms with Crippen LogP contribution in [-0.2, 0) is 0 Å². The number of aromatic nitrogens is 1. The Labute approximate surface area is 330 Å². The van der Waals surface area contributed by atoms with Gasteiger partial charge in [-0.3, -0.25) is 0 Å². The molecule has 3 nitrogen and oxygen atoms in total. The summed E-state index contributed by atoms with van der Waals surface area (Å²) in [4.78, 5) is 2.36. The minimum atomic E-state index is 0.870. The van der Waals surface area contributed by atoms with Crippen molar-refractivity contribution >= 4 is 60.8 Å². The third kappa shape index (κ3) is 5.76. The summed E-state index contributed by atoms with van der Waals surface area (Å²) in [6.07, 6.45) is 0. The van der Waals surface area contributed by atoms with E-state index in [1.54, 1.807) is 0 Å². The van der Waals surface area contributed by atoms with Gasteiger partial charge in [0.15, 0.2) is 0 Å². The van der Waals surface area contributed by atoms with Crippen molar-refractivity contribution in [3.8, 4) is 39.1 Å². The molecule has 0 radical (unpaired) electrons. The second-order valence-corrected chi connectivity index (χ2v) is 14.6. The molecule has 3 heteroatoms. The molecule has 0 aliphatic heterocycles. The van der Waals surface area contributed by atoms with E-state index in [1.807, 2.05) is 0 Å². The van der Waals surface area contributed by atoms with Crippen LogP contribution in [0, 0.1) is 0 Å². The van der Waals surface area contributed by atoms with Gasteiger partial charge in [0.1, 0.15) is 11.2 Å². The first-order valence-corrected chi connectivity index (χ1v) is 19.4. The highest BCUT2D eigenvalue weighted by Crippen LogP contribution is 2.42. The molecule has 0 bridgehead atoms. The summed E-state index contributed by atoms with van der Waals surface area (Å²) in [7, 11) is 0. The van der Waals surface area contributed by atoms with Crippen molar-refractivity contribution in [2.24, 2.45) is 0 Å². The predicted molar refractivity (Wildman–Crippen MR) is 239 cm³/mol. The lowest BCUT2D eigenvalue weighted by molar-refractivity contribution is 0.669. The number of rotatable bonds is 7. The van der Waals surface area contributed by atoms with Crippen molar-refractivity contribution in [3.63, 3.8) is 0 Å². The SMILES string of the molecule is c1ccc(-c2ccc(N(c3cccc(-c4ccc5c6ccccc6n(-c6ccccc6)c5c4)c3)c3ccc4oc5ccc(-c6ccccc6)cc5c4c3)cc2)cc1. The first-order chi connectivity index (χ1) is 28.2. The van der Waals surface area contributed by atoms with Crippen LogP contribution in [0.15, 0.2) is 223 Å². The molecular formula is C54H36N2O. The van der Waals surface area contributed by atoms with Crippen molar-refractivity contribution in [2.45, 2.75) is 0 Å². The van der Waals surface area contributed by atoms with Crippen LogP contribution in [0.25, 0.3) is 82.8 Å². The van der Waals surface area contributed by atoms with Gasteiger partial charge in [-0.1, -0.05) is 140 Å². The van der Waals surface area contributed by atoms with Gasteiger partial charge in [0.2, 0.25) is 0 Å². The average molecular weight is 729 g/mol. The second-order valence-electron chi connectivity index (χ2n) is 14.6. The largest absolute Gasteiger partial charge is 0.456 e. The van der Waals surface area contributed by atoms with Gasteiger partial charge in [-0.15, -0.1) is 0 Å². The Bertz CT molecular complexity index is 3220. The Kier molecular flexibility index (Phi) is 7.82. The number of furan rings is 1. The summed E-state index contributed by atoms with van der Waals surface area (Å²) in [5, 5.41) is 4.68. The van der Waals surface area contributed by atoms with Crippen molar-refractivity contribution in [1.29, 1.82) is 0 Å². The zero-order valence-electron chi connectivity index (χ0n) is 31.1. The Morgan fingerprint density at radius 3 is 1.58 bits per heavy atom. The van der Waals surface area contributed by atoms with E-state index in [-0.39, 0.29) is 0 Å². The predicted octanol–water partition coefficient (Wildman–Crippen LogP) is 15.2. The molecule has 2 aromatic heterocycles. The molecule has 2 heterocycles. The van der Waals surface area contributed by atoms with Crippen molar-refractivity contribution in [2.75, 3.05) is 4.90 Å². The lowest BCUT2D eigenvalue weighted by atomic mass is 10.0. The highest BCUT2D eigenvalue weighted by atomic mass is 16.3. The Morgan fingerprint density at radius 1 is 0.298 bits per heavy atom. The number of para-hydroxylation sites is 2. The fraction of sp³-hybridized carbons (Fsp3) is 0. The van der Waals surface area contributed by atoms with E-state index in [0.717, 1.165) is 55.8 Å². The van der Waals surface area contributed by atoms with Gasteiger partial charge in [0.25, 0.3) is 0 Å². The van der Waals surface area contributed by atoms with Crippen LogP contribution in [-0.4, -0.2) is 4.57 Å². The van der Waals surface area contributed by atoms with Crippen LogP contribution in [0.5, 0.6) is 0 Å². The van der Waals surface area contributed by atoms with Crippen LogP contribution in [0.3, 0.4) is 0 Å². The molecule has 11 rings (SSSR count). The summed E-state index contributed by atoms with van der Waals surface area (Å²) < 4.78 is 8.79. The summed E-state index contributed by atoms with van der Waals surface area (Å²) in [5.41, 5.74) is 15.5. The van der Waals surface area contributed by atoms with Gasteiger partial charge in [-0.2, -0.15) is 0 Å². The van der Waals surface area contributed by atoms with E-state index in [9.17, 15) is 0 Å². The molecule has 0 fully saturated rings. The van der Waals surface area contributed by atoms with Crippen molar-refractivity contribution in [3.05, 3.63) is 218 Å². The number of hydrogen-bond donors (Lipinski definition) is 0. The van der Waals surface area contributed by atoms with Crippen molar-refractivity contribution < 1.29 is 4.42 Å². The summed E-state index contributed by atoms with van der Waals surface area (Å²) in [6, 6.07) is 78.2. The van der Waals surface area contributed by atoms with Crippen LogP contribution in [0.1, 0.15) is 0 Å². The monoisotopic (exact) mass is 728 g/mol. The summed E-state index contributed by atoms with van der Waals surface area (Å²) in [5.74, 6) is 0. The topological polar surface area (TPSA) is 21.3 Å². The molecule has 268 valence electrons. The Balaban J connectivity index is 1.07. The van der Waals surface area contributed by atoms with E-state index < -0.39 is 0 Å². The van der Waals surface area contributed by atoms with E-state index in [4.69, 9.17) is 4.42 Å². The molecule has 0 N–H and O–H groups in total. The zero-order chi connectivity index (χ0) is 37.7. The zero-order valence-corrected chi connectivity index (χ0v) is 31.1. The molecule has 0 saturated heterocycles. The minimum Gasteiger partial charge on any atom is -0.456 e. The lowest BCUT2D eigenvalue weighted by Gasteiger charge is -2.26. The van der Waals surface area contributed by atoms with Crippen LogP contribution in [0.2, 0.25) is 0 Å². The van der Waals surface area contributed by atoms with Gasteiger partial charge < -0.3 is 13.9 Å². The van der Waals surface area contributed by atoms with Gasteiger partial charge in [-0.25, -0.2) is 0 Å². The molecular weight excluding hydrogens is 693 g/mol. The Morgan fingerprint density at radius 2 is 0.807 bits per heavy atom. The third-order valence-corrected chi connectivity index (χ3v) is 11.2. The maximum absolute atomic E-state index is 6.41. The quantitative estimate of drug-likeness (QED) is 0.163. The maximum Gasteiger partial charge on any atom is 0.135 e. The minimum absolute atomic E-state index is 0.870. The van der Waals surface area contributed by atoms with Crippen LogP contribution in [0.4, 0.5) is 17.1 Å². The van der Waals surface area contributed by atoms with E-state index >= 15 is 0 Å². The Hall–Kier alpha value is -7.62. The van der Waals surface area contributed by atoms with E-state index in [0.29, 0.717) is 0 Å². The van der Waals surface area contributed by atoms with E-state index in [2.05, 4.69) is 228 Å². The van der Waals surface area contributed by atoms with Crippen LogP contribution >= 0.6 is 0 Å². The van der Waals surface area contributed by atoms with Crippen LogP contribution < -0.4 is 4.90 Å². The third-order valence-electron chi connectivity index (χ3n) is 11.2. The normalized spacial score (nSPS) is 11.5. The molecule has 0 unspecified atom stereocenters. The number of fused-ring (bicyclic) bond motifs is 6. The molecule has 0 aliphatic carbocycles. The van der Waals surface area contributed by atoms with E-state index in [1.165, 1.54) is 44.1 Å². The maximum atomic E-state index is 6.41. The highest BCUT2D eigenvalue weighted by molar-refractivity contribution is 6.10. The molecule has 0 saturated carbocycles. The number of benzene rings is 9. The molecule has 0 amide bonds.